The molecule has 0 spiro atoms. The summed E-state index contributed by atoms with van der Waals surface area (Å²) in [5.41, 5.74) is -1.95. The van der Waals surface area contributed by atoms with Crippen molar-refractivity contribution in [2.45, 2.75) is 11.1 Å². The maximum Gasteiger partial charge on any atom is 0.416 e. The Balaban J connectivity index is 2.67. The van der Waals surface area contributed by atoms with Gasteiger partial charge in [0.1, 0.15) is 6.54 Å². The molecule has 28 heavy (non-hydrogen) atoms. The SMILES string of the molecule is COc1ccc(S(=O)(=O)N(CC(=O)O)c2cc(C(F)(F)F)ccc2Cl)cc1F. The summed E-state index contributed by atoms with van der Waals surface area (Å²) >= 11 is 5.84. The summed E-state index contributed by atoms with van der Waals surface area (Å²) in [7, 11) is -3.63. The predicted octanol–water partition coefficient (Wildman–Crippen LogP) is 3.79. The van der Waals surface area contributed by atoms with Crippen molar-refractivity contribution in [2.24, 2.45) is 0 Å². The number of benzene rings is 2. The van der Waals surface area contributed by atoms with Gasteiger partial charge in [-0.3, -0.25) is 9.10 Å². The van der Waals surface area contributed by atoms with Crippen molar-refractivity contribution in [2.75, 3.05) is 18.0 Å². The standard InChI is InChI=1S/C16H12ClF4NO5S/c1-27-14-5-3-10(7-12(14)18)28(25,26)22(8-15(23)24)13-6-9(16(19,20)21)2-4-11(13)17/h2-7H,8H2,1H3,(H,23,24). The second-order valence-electron chi connectivity index (χ2n) is 5.37. The first-order valence-corrected chi connectivity index (χ1v) is 9.14. The van der Waals surface area contributed by atoms with Gasteiger partial charge in [-0.05, 0) is 36.4 Å². The fourth-order valence-electron chi connectivity index (χ4n) is 2.24. The van der Waals surface area contributed by atoms with Crippen LogP contribution in [0.15, 0.2) is 41.3 Å². The van der Waals surface area contributed by atoms with E-state index in [0.29, 0.717) is 18.2 Å². The van der Waals surface area contributed by atoms with Crippen molar-refractivity contribution in [3.63, 3.8) is 0 Å². The lowest BCUT2D eigenvalue weighted by Crippen LogP contribution is -2.36. The van der Waals surface area contributed by atoms with E-state index in [4.69, 9.17) is 16.7 Å². The second kappa shape index (κ2) is 7.84. The molecular weight excluding hydrogens is 430 g/mol. The molecule has 0 saturated heterocycles. The van der Waals surface area contributed by atoms with E-state index >= 15 is 0 Å². The number of carbonyl (C=O) groups is 1. The van der Waals surface area contributed by atoms with E-state index < -0.39 is 55.7 Å². The molecule has 0 saturated carbocycles. The molecule has 0 fully saturated rings. The number of carboxylic acids is 1. The molecule has 0 unspecified atom stereocenters. The summed E-state index contributed by atoms with van der Waals surface area (Å²) in [6, 6.07) is 4.28. The van der Waals surface area contributed by atoms with Gasteiger partial charge in [0, 0.05) is 0 Å². The smallest absolute Gasteiger partial charge is 0.416 e. The van der Waals surface area contributed by atoms with E-state index in [1.165, 1.54) is 0 Å². The molecule has 1 N–H and O–H groups in total. The number of alkyl halides is 3. The van der Waals surface area contributed by atoms with Crippen LogP contribution < -0.4 is 9.04 Å². The van der Waals surface area contributed by atoms with Crippen LogP contribution in [0.25, 0.3) is 0 Å². The minimum absolute atomic E-state index is 0.161. The van der Waals surface area contributed by atoms with E-state index in [2.05, 4.69) is 4.74 Å². The molecule has 0 atom stereocenters. The van der Waals surface area contributed by atoms with Crippen LogP contribution in [0.2, 0.25) is 5.02 Å². The number of hydrogen-bond donors (Lipinski definition) is 1. The number of rotatable bonds is 6. The quantitative estimate of drug-likeness (QED) is 0.690. The van der Waals surface area contributed by atoms with Crippen LogP contribution in [0.1, 0.15) is 5.56 Å². The maximum atomic E-state index is 13.9. The Bertz CT molecular complexity index is 1010. The molecule has 152 valence electrons. The van der Waals surface area contributed by atoms with Gasteiger partial charge in [-0.1, -0.05) is 11.6 Å². The lowest BCUT2D eigenvalue weighted by molar-refractivity contribution is -0.137. The number of nitrogens with zero attached hydrogens (tertiary/aromatic N) is 1. The van der Waals surface area contributed by atoms with Crippen molar-refractivity contribution in [1.82, 2.24) is 0 Å². The molecule has 2 rings (SSSR count). The fraction of sp³-hybridized carbons (Fsp3) is 0.188. The largest absolute Gasteiger partial charge is 0.494 e. The van der Waals surface area contributed by atoms with E-state index in [-0.39, 0.29) is 10.1 Å². The van der Waals surface area contributed by atoms with Gasteiger partial charge in [0.15, 0.2) is 11.6 Å². The molecule has 2 aromatic carbocycles. The van der Waals surface area contributed by atoms with Gasteiger partial charge < -0.3 is 9.84 Å². The molecular formula is C16H12ClF4NO5S. The number of anilines is 1. The van der Waals surface area contributed by atoms with Crippen LogP contribution in [0.5, 0.6) is 5.75 Å². The minimum atomic E-state index is -4.83. The van der Waals surface area contributed by atoms with Gasteiger partial charge in [0.2, 0.25) is 0 Å². The number of carboxylic acid groups (broad SMARTS) is 1. The summed E-state index contributed by atoms with van der Waals surface area (Å²) in [4.78, 5) is 10.5. The van der Waals surface area contributed by atoms with Crippen molar-refractivity contribution in [3.05, 3.63) is 52.8 Å². The van der Waals surface area contributed by atoms with Crippen molar-refractivity contribution >= 4 is 33.3 Å². The van der Waals surface area contributed by atoms with Crippen LogP contribution in [-0.2, 0) is 21.0 Å². The maximum absolute atomic E-state index is 13.9. The number of hydrogen-bond acceptors (Lipinski definition) is 4. The van der Waals surface area contributed by atoms with Gasteiger partial charge in [-0.25, -0.2) is 12.8 Å². The van der Waals surface area contributed by atoms with E-state index in [1.807, 2.05) is 0 Å². The summed E-state index contributed by atoms with van der Waals surface area (Å²) < 4.78 is 83.4. The van der Waals surface area contributed by atoms with Gasteiger partial charge in [0.25, 0.3) is 10.0 Å². The Morgan fingerprint density at radius 1 is 1.21 bits per heavy atom. The van der Waals surface area contributed by atoms with Gasteiger partial charge in [-0.15, -0.1) is 0 Å². The topological polar surface area (TPSA) is 83.9 Å². The van der Waals surface area contributed by atoms with Crippen molar-refractivity contribution in [1.29, 1.82) is 0 Å². The number of halogens is 5. The Labute approximate surface area is 162 Å². The van der Waals surface area contributed by atoms with Crippen LogP contribution in [-0.4, -0.2) is 33.1 Å². The Kier molecular flexibility index (Phi) is 6.09. The third-order valence-corrected chi connectivity index (χ3v) is 5.61. The van der Waals surface area contributed by atoms with Crippen molar-refractivity contribution in [3.8, 4) is 5.75 Å². The van der Waals surface area contributed by atoms with Crippen LogP contribution in [0, 0.1) is 5.82 Å². The summed E-state index contributed by atoms with van der Waals surface area (Å²) in [6.07, 6.45) is -4.83. The molecule has 0 aliphatic carbocycles. The first-order chi connectivity index (χ1) is 12.9. The third-order valence-electron chi connectivity index (χ3n) is 3.53. The van der Waals surface area contributed by atoms with Crippen LogP contribution >= 0.6 is 11.6 Å². The predicted molar refractivity (Wildman–Crippen MR) is 91.6 cm³/mol. The molecule has 2 aromatic rings. The highest BCUT2D eigenvalue weighted by atomic mass is 35.5. The molecule has 12 heteroatoms. The number of aliphatic carboxylic acids is 1. The Hall–Kier alpha value is -2.53. The lowest BCUT2D eigenvalue weighted by Gasteiger charge is -2.24. The second-order valence-corrected chi connectivity index (χ2v) is 7.64. The normalized spacial score (nSPS) is 11.9. The molecule has 0 radical (unpaired) electrons. The summed E-state index contributed by atoms with van der Waals surface area (Å²) in [5.74, 6) is -3.00. The van der Waals surface area contributed by atoms with Gasteiger partial charge in [-0.2, -0.15) is 13.2 Å². The molecule has 0 aliphatic heterocycles. The average Bonchev–Trinajstić information content (AvgIpc) is 2.59. The summed E-state index contributed by atoms with van der Waals surface area (Å²) in [5, 5.41) is 8.61. The lowest BCUT2D eigenvalue weighted by atomic mass is 10.2. The number of sulfonamides is 1. The number of methoxy groups -OCH3 is 1. The van der Waals surface area contributed by atoms with Gasteiger partial charge >= 0.3 is 12.1 Å². The highest BCUT2D eigenvalue weighted by molar-refractivity contribution is 7.92. The zero-order valence-corrected chi connectivity index (χ0v) is 15.6. The van der Waals surface area contributed by atoms with Gasteiger partial charge in [0.05, 0.1) is 28.3 Å². The molecule has 0 aromatic heterocycles. The fourth-order valence-corrected chi connectivity index (χ4v) is 3.94. The molecule has 6 nitrogen and oxygen atoms in total. The monoisotopic (exact) mass is 441 g/mol. The average molecular weight is 442 g/mol. The molecule has 0 bridgehead atoms. The first-order valence-electron chi connectivity index (χ1n) is 7.32. The van der Waals surface area contributed by atoms with E-state index in [9.17, 15) is 30.8 Å². The van der Waals surface area contributed by atoms with Crippen LogP contribution in [0.4, 0.5) is 23.2 Å². The zero-order valence-electron chi connectivity index (χ0n) is 14.0. The molecule has 0 amide bonds. The van der Waals surface area contributed by atoms with Crippen LogP contribution in [0.3, 0.4) is 0 Å². The number of ether oxygens (including phenoxy) is 1. The third kappa shape index (κ3) is 4.47. The summed E-state index contributed by atoms with van der Waals surface area (Å²) in [6.45, 7) is -1.24. The molecule has 0 heterocycles. The van der Waals surface area contributed by atoms with E-state index in [1.54, 1.807) is 0 Å². The zero-order chi connectivity index (χ0) is 21.3. The Morgan fingerprint density at radius 3 is 2.36 bits per heavy atom. The van der Waals surface area contributed by atoms with Crippen molar-refractivity contribution < 1.29 is 40.6 Å². The highest BCUT2D eigenvalue weighted by Crippen LogP contribution is 2.37. The minimum Gasteiger partial charge on any atom is -0.494 e. The highest BCUT2D eigenvalue weighted by Gasteiger charge is 2.34. The van der Waals surface area contributed by atoms with E-state index in [0.717, 1.165) is 25.3 Å². The Morgan fingerprint density at radius 2 is 1.86 bits per heavy atom. The molecule has 0 aliphatic rings. The first kappa shape index (κ1) is 21.8.